The van der Waals surface area contributed by atoms with Crippen molar-refractivity contribution in [2.24, 2.45) is 7.05 Å². The van der Waals surface area contributed by atoms with Gasteiger partial charge in [-0.3, -0.25) is 24.2 Å². The molecule has 0 aromatic carbocycles. The Kier molecular flexibility index (Phi) is 4.97. The second-order valence-electron chi connectivity index (χ2n) is 5.95. The average Bonchev–Trinajstić information content (AvgIpc) is 3.09. The van der Waals surface area contributed by atoms with Crippen LogP contribution >= 0.6 is 0 Å². The molecule has 1 fully saturated rings. The quantitative estimate of drug-likeness (QED) is 0.799. The summed E-state index contributed by atoms with van der Waals surface area (Å²) in [6.45, 7) is 3.02. The van der Waals surface area contributed by atoms with E-state index < -0.39 is 17.8 Å². The highest BCUT2D eigenvalue weighted by Gasteiger charge is 2.35. The number of piperazine rings is 1. The minimum atomic E-state index is -0.791. The van der Waals surface area contributed by atoms with Gasteiger partial charge in [0.1, 0.15) is 0 Å². The van der Waals surface area contributed by atoms with Gasteiger partial charge in [0.05, 0.1) is 11.9 Å². The lowest BCUT2D eigenvalue weighted by Crippen LogP contribution is -2.58. The van der Waals surface area contributed by atoms with Crippen LogP contribution in [0.2, 0.25) is 0 Å². The molecule has 1 saturated heterocycles. The molecule has 136 valence electrons. The Balaban J connectivity index is 1.58. The molecule has 0 bridgehead atoms. The van der Waals surface area contributed by atoms with Crippen molar-refractivity contribution in [3.63, 3.8) is 0 Å². The molecule has 0 atom stereocenters. The monoisotopic (exact) mass is 356 g/mol. The summed E-state index contributed by atoms with van der Waals surface area (Å²) in [6, 6.07) is 3.11. The normalized spacial score (nSPS) is 14.7. The number of rotatable bonds is 4. The predicted molar refractivity (Wildman–Crippen MR) is 92.6 cm³/mol. The van der Waals surface area contributed by atoms with Crippen molar-refractivity contribution < 1.29 is 14.4 Å². The average molecular weight is 356 g/mol. The predicted octanol–water partition coefficient (Wildman–Crippen LogP) is 0.382. The van der Waals surface area contributed by atoms with Gasteiger partial charge in [0.2, 0.25) is 0 Å². The summed E-state index contributed by atoms with van der Waals surface area (Å²) in [7, 11) is 1.83. The topological polar surface area (TPSA) is 100 Å². The molecule has 0 aliphatic carbocycles. The van der Waals surface area contributed by atoms with Crippen LogP contribution in [-0.2, 0) is 23.2 Å². The number of likely N-dealkylation sites (N-methyl/N-ethyl adjacent to an activating group) is 1. The van der Waals surface area contributed by atoms with Gasteiger partial charge < -0.3 is 10.2 Å². The van der Waals surface area contributed by atoms with E-state index in [9.17, 15) is 14.4 Å². The van der Waals surface area contributed by atoms with Crippen LogP contribution in [0.15, 0.2) is 30.7 Å². The number of imide groups is 1. The first-order valence-electron chi connectivity index (χ1n) is 8.32. The van der Waals surface area contributed by atoms with Crippen molar-refractivity contribution in [3.8, 4) is 11.3 Å². The zero-order valence-electron chi connectivity index (χ0n) is 14.7. The van der Waals surface area contributed by atoms with Gasteiger partial charge in [0, 0.05) is 51.2 Å². The first-order chi connectivity index (χ1) is 12.5. The first kappa shape index (κ1) is 17.6. The fraction of sp³-hybridized carbons (Fsp3) is 0.353. The van der Waals surface area contributed by atoms with E-state index in [1.807, 2.05) is 25.4 Å². The number of hydrogen-bond acceptors (Lipinski definition) is 5. The minimum Gasteiger partial charge on any atom is -0.333 e. The molecule has 2 aromatic heterocycles. The summed E-state index contributed by atoms with van der Waals surface area (Å²) in [5, 5.41) is 6.76. The Morgan fingerprint density at radius 1 is 1.19 bits per heavy atom. The molecule has 2 aromatic rings. The maximum absolute atomic E-state index is 12.2. The summed E-state index contributed by atoms with van der Waals surface area (Å²) in [4.78, 5) is 42.8. The molecule has 3 rings (SSSR count). The number of urea groups is 1. The molecule has 3 heterocycles. The third-order valence-electron chi connectivity index (χ3n) is 4.20. The zero-order chi connectivity index (χ0) is 18.7. The molecular weight excluding hydrogens is 336 g/mol. The largest absolute Gasteiger partial charge is 0.333 e. The Morgan fingerprint density at radius 3 is 2.62 bits per heavy atom. The van der Waals surface area contributed by atoms with Gasteiger partial charge in [-0.05, 0) is 18.6 Å². The minimum absolute atomic E-state index is 0.197. The zero-order valence-corrected chi connectivity index (χ0v) is 14.7. The van der Waals surface area contributed by atoms with Crippen molar-refractivity contribution in [2.75, 3.05) is 19.6 Å². The number of hydrogen-bond donors (Lipinski definition) is 1. The maximum atomic E-state index is 12.2. The Morgan fingerprint density at radius 2 is 2.00 bits per heavy atom. The number of aromatic nitrogens is 3. The van der Waals surface area contributed by atoms with E-state index in [0.29, 0.717) is 13.1 Å². The van der Waals surface area contributed by atoms with Gasteiger partial charge in [-0.25, -0.2) is 4.79 Å². The van der Waals surface area contributed by atoms with Gasteiger partial charge in [-0.15, -0.1) is 0 Å². The summed E-state index contributed by atoms with van der Waals surface area (Å²) >= 11 is 0. The van der Waals surface area contributed by atoms with Crippen LogP contribution in [0.4, 0.5) is 4.79 Å². The fourth-order valence-corrected chi connectivity index (χ4v) is 2.70. The van der Waals surface area contributed by atoms with Crippen molar-refractivity contribution in [3.05, 3.63) is 36.3 Å². The van der Waals surface area contributed by atoms with Crippen molar-refractivity contribution >= 4 is 17.8 Å². The Bertz CT molecular complexity index is 829. The Hall–Kier alpha value is -3.23. The summed E-state index contributed by atoms with van der Waals surface area (Å²) in [5.41, 5.74) is 2.47. The van der Waals surface area contributed by atoms with Crippen molar-refractivity contribution in [1.29, 1.82) is 0 Å². The fourth-order valence-electron chi connectivity index (χ4n) is 2.70. The number of aryl methyl sites for hydroxylation is 1. The SMILES string of the molecule is CCN1CCN(C(=O)NCc2ccc(-c3cnn(C)c3)nc2)C(=O)C1=O. The number of carbonyl (C=O) groups is 3. The molecule has 0 spiro atoms. The van der Waals surface area contributed by atoms with Crippen LogP contribution < -0.4 is 5.32 Å². The lowest BCUT2D eigenvalue weighted by molar-refractivity contribution is -0.153. The molecular formula is C17H20N6O3. The second-order valence-corrected chi connectivity index (χ2v) is 5.95. The van der Waals surface area contributed by atoms with Gasteiger partial charge in [0.15, 0.2) is 0 Å². The lowest BCUT2D eigenvalue weighted by atomic mass is 10.2. The Labute approximate surface area is 150 Å². The van der Waals surface area contributed by atoms with Crippen LogP contribution in [0, 0.1) is 0 Å². The summed E-state index contributed by atoms with van der Waals surface area (Å²) in [5.74, 6) is -1.43. The second kappa shape index (κ2) is 7.34. The lowest BCUT2D eigenvalue weighted by Gasteiger charge is -2.31. The standard InChI is InChI=1S/C17H20N6O3/c1-3-22-6-7-23(16(25)15(22)24)17(26)19-9-12-4-5-14(18-8-12)13-10-20-21(2)11-13/h4-5,8,10-11H,3,6-7,9H2,1-2H3,(H,19,26). The van der Waals surface area contributed by atoms with Gasteiger partial charge in [-0.1, -0.05) is 6.07 Å². The molecule has 9 heteroatoms. The highest BCUT2D eigenvalue weighted by Crippen LogP contribution is 2.15. The van der Waals surface area contributed by atoms with Crippen LogP contribution in [0.1, 0.15) is 12.5 Å². The number of pyridine rings is 1. The molecule has 1 N–H and O–H groups in total. The van der Waals surface area contributed by atoms with E-state index >= 15 is 0 Å². The van der Waals surface area contributed by atoms with Gasteiger partial charge in [0.25, 0.3) is 0 Å². The molecule has 4 amide bonds. The van der Waals surface area contributed by atoms with E-state index in [0.717, 1.165) is 21.7 Å². The van der Waals surface area contributed by atoms with Crippen LogP contribution in [0.25, 0.3) is 11.3 Å². The highest BCUT2D eigenvalue weighted by atomic mass is 16.2. The first-order valence-corrected chi connectivity index (χ1v) is 8.32. The maximum Gasteiger partial charge on any atom is 0.324 e. The van der Waals surface area contributed by atoms with E-state index in [-0.39, 0.29) is 13.1 Å². The third-order valence-corrected chi connectivity index (χ3v) is 4.20. The third kappa shape index (κ3) is 3.56. The van der Waals surface area contributed by atoms with Crippen molar-refractivity contribution in [1.82, 2.24) is 29.9 Å². The number of carbonyl (C=O) groups excluding carboxylic acids is 3. The molecule has 1 aliphatic rings. The molecule has 26 heavy (non-hydrogen) atoms. The summed E-state index contributed by atoms with van der Waals surface area (Å²) < 4.78 is 1.70. The smallest absolute Gasteiger partial charge is 0.324 e. The van der Waals surface area contributed by atoms with Crippen molar-refractivity contribution in [2.45, 2.75) is 13.5 Å². The van der Waals surface area contributed by atoms with E-state index in [1.165, 1.54) is 4.90 Å². The summed E-state index contributed by atoms with van der Waals surface area (Å²) in [6.07, 6.45) is 5.25. The van der Waals surface area contributed by atoms with Gasteiger partial charge >= 0.3 is 17.8 Å². The molecule has 0 unspecified atom stereocenters. The number of nitrogens with zero attached hydrogens (tertiary/aromatic N) is 5. The van der Waals surface area contributed by atoms with E-state index in [1.54, 1.807) is 24.0 Å². The van der Waals surface area contributed by atoms with E-state index in [4.69, 9.17) is 0 Å². The molecule has 9 nitrogen and oxygen atoms in total. The van der Waals surface area contributed by atoms with Gasteiger partial charge in [-0.2, -0.15) is 5.10 Å². The number of nitrogens with one attached hydrogen (secondary N) is 1. The highest BCUT2D eigenvalue weighted by molar-refractivity contribution is 6.38. The van der Waals surface area contributed by atoms with Crippen LogP contribution in [-0.4, -0.2) is 62.0 Å². The molecule has 0 saturated carbocycles. The molecule has 1 aliphatic heterocycles. The number of amides is 4. The van der Waals surface area contributed by atoms with Crippen LogP contribution in [0.5, 0.6) is 0 Å². The van der Waals surface area contributed by atoms with Crippen LogP contribution in [0.3, 0.4) is 0 Å². The van der Waals surface area contributed by atoms with E-state index in [2.05, 4.69) is 15.4 Å². The molecule has 0 radical (unpaired) electrons.